The Morgan fingerprint density at radius 2 is 0.886 bits per heavy atom. The van der Waals surface area contributed by atoms with Crippen LogP contribution in [0.3, 0.4) is 0 Å². The fraction of sp³-hybridized carbons (Fsp3) is 0. The molecular formula is C38H25N5S. The topological polar surface area (TPSA) is 54.8 Å². The summed E-state index contributed by atoms with van der Waals surface area (Å²) in [6.45, 7) is 0. The molecule has 0 saturated heterocycles. The number of pyridine rings is 1. The number of benzene rings is 5. The molecule has 1 aliphatic rings. The van der Waals surface area contributed by atoms with Gasteiger partial charge in [0, 0.05) is 32.7 Å². The number of anilines is 3. The molecule has 0 atom stereocenters. The van der Waals surface area contributed by atoms with Gasteiger partial charge in [-0.15, -0.1) is 0 Å². The normalized spacial score (nSPS) is 12.0. The van der Waals surface area contributed by atoms with E-state index in [4.69, 9.17) is 19.9 Å². The van der Waals surface area contributed by atoms with E-state index in [2.05, 4.69) is 71.6 Å². The Balaban J connectivity index is 1.42. The lowest BCUT2D eigenvalue weighted by Crippen LogP contribution is -2.17. The maximum absolute atomic E-state index is 5.17. The first-order valence-electron chi connectivity index (χ1n) is 14.4. The Kier molecular flexibility index (Phi) is 6.66. The smallest absolute Gasteiger partial charge is 0.167 e. The predicted octanol–water partition coefficient (Wildman–Crippen LogP) is 9.87. The summed E-state index contributed by atoms with van der Waals surface area (Å²) in [4.78, 5) is 24.9. The van der Waals surface area contributed by atoms with Crippen LogP contribution in [0, 0.1) is 0 Å². The molecule has 44 heavy (non-hydrogen) atoms. The van der Waals surface area contributed by atoms with Crippen LogP contribution in [0.25, 0.3) is 45.3 Å². The maximum Gasteiger partial charge on any atom is 0.167 e. The molecule has 3 heterocycles. The van der Waals surface area contributed by atoms with Crippen LogP contribution in [0.15, 0.2) is 162 Å². The van der Waals surface area contributed by atoms with Gasteiger partial charge in [0.25, 0.3) is 0 Å². The lowest BCUT2D eigenvalue weighted by Gasteiger charge is -2.33. The summed E-state index contributed by atoms with van der Waals surface area (Å²) in [7, 11) is 0. The van der Waals surface area contributed by atoms with E-state index in [0.29, 0.717) is 17.5 Å². The van der Waals surface area contributed by atoms with Crippen LogP contribution in [-0.4, -0.2) is 19.9 Å². The first-order valence-corrected chi connectivity index (χ1v) is 15.2. The number of hydrogen-bond donors (Lipinski definition) is 0. The Hall–Kier alpha value is -5.59. The van der Waals surface area contributed by atoms with Gasteiger partial charge in [0.05, 0.1) is 16.9 Å². The largest absolute Gasteiger partial charge is 0.292 e. The Morgan fingerprint density at radius 3 is 1.43 bits per heavy atom. The fourth-order valence-electron chi connectivity index (χ4n) is 5.45. The lowest BCUT2D eigenvalue weighted by atomic mass is 10.0. The van der Waals surface area contributed by atoms with Gasteiger partial charge in [-0.1, -0.05) is 127 Å². The number of para-hydroxylation sites is 2. The van der Waals surface area contributed by atoms with E-state index >= 15 is 0 Å². The molecule has 8 rings (SSSR count). The molecule has 0 fully saturated rings. The zero-order valence-electron chi connectivity index (χ0n) is 23.6. The van der Waals surface area contributed by atoms with Crippen molar-refractivity contribution in [2.45, 2.75) is 9.79 Å². The second kappa shape index (κ2) is 11.2. The summed E-state index contributed by atoms with van der Waals surface area (Å²) in [5.41, 5.74) is 6.86. The van der Waals surface area contributed by atoms with Crippen LogP contribution in [0.1, 0.15) is 0 Å². The molecular weight excluding hydrogens is 559 g/mol. The van der Waals surface area contributed by atoms with Crippen molar-refractivity contribution in [2.75, 3.05) is 4.90 Å². The molecule has 0 amide bonds. The van der Waals surface area contributed by atoms with Gasteiger partial charge >= 0.3 is 0 Å². The van der Waals surface area contributed by atoms with Crippen molar-refractivity contribution in [1.29, 1.82) is 0 Å². The molecule has 0 N–H and O–H groups in total. The number of rotatable bonds is 5. The van der Waals surface area contributed by atoms with Crippen molar-refractivity contribution in [2.24, 2.45) is 0 Å². The summed E-state index contributed by atoms with van der Waals surface area (Å²) in [5.74, 6) is 2.54. The van der Waals surface area contributed by atoms with Crippen LogP contribution < -0.4 is 4.90 Å². The fourth-order valence-corrected chi connectivity index (χ4v) is 6.51. The molecule has 7 aromatic rings. The Bertz CT molecular complexity index is 2000. The van der Waals surface area contributed by atoms with Crippen LogP contribution >= 0.6 is 11.8 Å². The third-order valence-corrected chi connectivity index (χ3v) is 8.69. The monoisotopic (exact) mass is 583 g/mol. The highest BCUT2D eigenvalue weighted by Gasteiger charge is 2.29. The number of aromatic nitrogens is 4. The molecule has 0 saturated carbocycles. The first kappa shape index (κ1) is 26.1. The summed E-state index contributed by atoms with van der Waals surface area (Å²) < 4.78 is 0. The standard InChI is InChI=1S/C38H25N5S/c1-4-14-26(15-5-1)29-24-30(37-41-35(27-16-6-2-7-17-27)40-36(42-37)28-18-8-3-9-19-28)38(39-25-29)43-31-20-10-12-22-33(31)44-34-23-13-11-21-32(34)43/h1-25H. The van der Waals surface area contributed by atoms with E-state index < -0.39 is 0 Å². The number of hydrogen-bond acceptors (Lipinski definition) is 6. The average Bonchev–Trinajstić information content (AvgIpc) is 3.11. The Morgan fingerprint density at radius 1 is 0.432 bits per heavy atom. The van der Waals surface area contributed by atoms with E-state index in [9.17, 15) is 0 Å². The zero-order chi connectivity index (χ0) is 29.3. The van der Waals surface area contributed by atoms with Crippen molar-refractivity contribution < 1.29 is 0 Å². The summed E-state index contributed by atoms with van der Waals surface area (Å²) in [6, 6.07) is 49.5. The SMILES string of the molecule is c1ccc(-c2cnc(N3c4ccccc4Sc4ccccc43)c(-c3nc(-c4ccccc4)nc(-c4ccccc4)n3)c2)cc1. The van der Waals surface area contributed by atoms with Gasteiger partial charge in [-0.2, -0.15) is 0 Å². The van der Waals surface area contributed by atoms with Crippen LogP contribution in [0.5, 0.6) is 0 Å². The molecule has 2 aromatic heterocycles. The second-order valence-corrected chi connectivity index (χ2v) is 11.5. The van der Waals surface area contributed by atoms with Crippen LogP contribution in [0.4, 0.5) is 17.2 Å². The van der Waals surface area contributed by atoms with Crippen LogP contribution in [-0.2, 0) is 0 Å². The van der Waals surface area contributed by atoms with Crippen molar-refractivity contribution in [1.82, 2.24) is 19.9 Å². The van der Waals surface area contributed by atoms with E-state index in [1.807, 2.05) is 85.1 Å². The van der Waals surface area contributed by atoms with E-state index in [0.717, 1.165) is 54.8 Å². The van der Waals surface area contributed by atoms with Crippen LogP contribution in [0.2, 0.25) is 0 Å². The van der Waals surface area contributed by atoms with E-state index in [1.165, 1.54) is 0 Å². The molecule has 0 unspecified atom stereocenters. The highest BCUT2D eigenvalue weighted by molar-refractivity contribution is 7.99. The first-order chi connectivity index (χ1) is 21.8. The minimum absolute atomic E-state index is 0.561. The lowest BCUT2D eigenvalue weighted by molar-refractivity contribution is 1.06. The van der Waals surface area contributed by atoms with Gasteiger partial charge in [-0.25, -0.2) is 19.9 Å². The predicted molar refractivity (Wildman–Crippen MR) is 178 cm³/mol. The van der Waals surface area contributed by atoms with Crippen molar-refractivity contribution >= 4 is 29.0 Å². The number of fused-ring (bicyclic) bond motifs is 2. The van der Waals surface area contributed by atoms with E-state index in [1.54, 1.807) is 11.8 Å². The molecule has 0 spiro atoms. The van der Waals surface area contributed by atoms with E-state index in [-0.39, 0.29) is 0 Å². The van der Waals surface area contributed by atoms with Crippen molar-refractivity contribution in [3.8, 4) is 45.3 Å². The van der Waals surface area contributed by atoms with Gasteiger partial charge in [0.2, 0.25) is 0 Å². The number of nitrogens with zero attached hydrogens (tertiary/aromatic N) is 5. The second-order valence-electron chi connectivity index (χ2n) is 10.4. The van der Waals surface area contributed by atoms with Gasteiger partial charge in [0.1, 0.15) is 5.82 Å². The molecule has 5 aromatic carbocycles. The quantitative estimate of drug-likeness (QED) is 0.201. The van der Waals surface area contributed by atoms with Gasteiger partial charge in [-0.3, -0.25) is 4.90 Å². The van der Waals surface area contributed by atoms with Crippen molar-refractivity contribution in [3.63, 3.8) is 0 Å². The summed E-state index contributed by atoms with van der Waals surface area (Å²) >= 11 is 1.77. The molecule has 5 nitrogen and oxygen atoms in total. The minimum atomic E-state index is 0.561. The van der Waals surface area contributed by atoms with Crippen molar-refractivity contribution in [3.05, 3.63) is 152 Å². The Labute approximate surface area is 260 Å². The zero-order valence-corrected chi connectivity index (χ0v) is 24.4. The molecule has 0 radical (unpaired) electrons. The van der Waals surface area contributed by atoms with Gasteiger partial charge < -0.3 is 0 Å². The average molecular weight is 584 g/mol. The van der Waals surface area contributed by atoms with Gasteiger partial charge in [0.15, 0.2) is 17.5 Å². The third kappa shape index (κ3) is 4.81. The molecule has 1 aliphatic heterocycles. The highest BCUT2D eigenvalue weighted by Crippen LogP contribution is 2.52. The third-order valence-electron chi connectivity index (χ3n) is 7.56. The molecule has 0 aliphatic carbocycles. The summed E-state index contributed by atoms with van der Waals surface area (Å²) in [5, 5.41) is 0. The summed E-state index contributed by atoms with van der Waals surface area (Å²) in [6.07, 6.45) is 1.94. The molecule has 6 heteroatoms. The minimum Gasteiger partial charge on any atom is -0.292 e. The molecule has 0 bridgehead atoms. The maximum atomic E-state index is 5.17. The van der Waals surface area contributed by atoms with Gasteiger partial charge in [-0.05, 0) is 35.9 Å². The molecule has 208 valence electrons. The highest BCUT2D eigenvalue weighted by atomic mass is 32.2.